The van der Waals surface area contributed by atoms with Crippen LogP contribution in [-0.4, -0.2) is 66.2 Å². The first kappa shape index (κ1) is 18.6. The van der Waals surface area contributed by atoms with Crippen molar-refractivity contribution in [1.82, 2.24) is 13.8 Å². The molecule has 1 aliphatic heterocycles. The monoisotopic (exact) mass is 379 g/mol. The third kappa shape index (κ3) is 4.19. The summed E-state index contributed by atoms with van der Waals surface area (Å²) in [6.45, 7) is 4.30. The number of rotatable bonds is 4. The molecule has 1 N–H and O–H groups in total. The standard InChI is InChI=1S/C13H18ClN3O6S/c1-2-23-13(20)16-7-5-15(6-8-16)9-10-3-4-17(24(14,21)22)12(19)11(10)18/h3-4,18H,2,5-9H2,1H3. The van der Waals surface area contributed by atoms with Crippen LogP contribution in [0.25, 0.3) is 0 Å². The molecule has 2 heterocycles. The summed E-state index contributed by atoms with van der Waals surface area (Å²) in [5.74, 6) is -0.658. The third-order valence-electron chi connectivity index (χ3n) is 3.65. The maximum atomic E-state index is 11.9. The van der Waals surface area contributed by atoms with Gasteiger partial charge in [0.15, 0.2) is 5.75 Å². The number of carbonyl (C=O) groups excluding carboxylic acids is 1. The average Bonchev–Trinajstić information content (AvgIpc) is 2.51. The second-order valence-corrected chi connectivity index (χ2v) is 7.58. The molecule has 0 saturated carbocycles. The molecule has 0 radical (unpaired) electrons. The van der Waals surface area contributed by atoms with E-state index in [0.29, 0.717) is 38.3 Å². The van der Waals surface area contributed by atoms with Crippen LogP contribution in [0.4, 0.5) is 4.79 Å². The van der Waals surface area contributed by atoms with E-state index in [2.05, 4.69) is 0 Å². The van der Waals surface area contributed by atoms with E-state index in [4.69, 9.17) is 15.4 Å². The minimum Gasteiger partial charge on any atom is -0.503 e. The van der Waals surface area contributed by atoms with Gasteiger partial charge in [0.05, 0.1) is 6.61 Å². The van der Waals surface area contributed by atoms with E-state index in [-0.39, 0.29) is 16.6 Å². The minimum absolute atomic E-state index is 0.251. The number of piperazine rings is 1. The van der Waals surface area contributed by atoms with Crippen molar-refractivity contribution in [3.63, 3.8) is 0 Å². The summed E-state index contributed by atoms with van der Waals surface area (Å²) >= 11 is 0. The number of nitrogens with zero attached hydrogens (tertiary/aromatic N) is 3. The Bertz CT molecular complexity index is 770. The SMILES string of the molecule is CCOC(=O)N1CCN(Cc2ccn(S(=O)(=O)Cl)c(=O)c2O)CC1. The van der Waals surface area contributed by atoms with Crippen molar-refractivity contribution in [2.24, 2.45) is 0 Å². The van der Waals surface area contributed by atoms with Crippen LogP contribution in [0.1, 0.15) is 12.5 Å². The predicted octanol–water partition coefficient (Wildman–Crippen LogP) is 0.160. The van der Waals surface area contributed by atoms with E-state index < -0.39 is 20.5 Å². The van der Waals surface area contributed by atoms with Crippen LogP contribution < -0.4 is 5.56 Å². The molecule has 134 valence electrons. The van der Waals surface area contributed by atoms with Gasteiger partial charge in [0.2, 0.25) is 0 Å². The quantitative estimate of drug-likeness (QED) is 0.742. The normalized spacial score (nSPS) is 16.2. The van der Waals surface area contributed by atoms with Crippen LogP contribution in [0.15, 0.2) is 17.1 Å². The maximum absolute atomic E-state index is 11.9. The Balaban J connectivity index is 2.05. The van der Waals surface area contributed by atoms with Crippen LogP contribution >= 0.6 is 10.7 Å². The zero-order valence-electron chi connectivity index (χ0n) is 13.0. The molecule has 0 unspecified atom stereocenters. The third-order valence-corrected chi connectivity index (χ3v) is 4.85. The lowest BCUT2D eigenvalue weighted by atomic mass is 10.2. The van der Waals surface area contributed by atoms with Crippen LogP contribution in [-0.2, 0) is 20.5 Å². The number of aromatic hydroxyl groups is 1. The van der Waals surface area contributed by atoms with Crippen molar-refractivity contribution >= 4 is 26.0 Å². The lowest BCUT2D eigenvalue weighted by molar-refractivity contribution is 0.0776. The molecule has 1 aromatic rings. The van der Waals surface area contributed by atoms with Crippen LogP contribution in [0.5, 0.6) is 5.75 Å². The molecular weight excluding hydrogens is 362 g/mol. The first-order chi connectivity index (χ1) is 11.2. The second-order valence-electron chi connectivity index (χ2n) is 5.19. The molecule has 1 aromatic heterocycles. The highest BCUT2D eigenvalue weighted by atomic mass is 35.7. The number of halogens is 1. The summed E-state index contributed by atoms with van der Waals surface area (Å²) in [5.41, 5.74) is -0.797. The fraction of sp³-hybridized carbons (Fsp3) is 0.538. The van der Waals surface area contributed by atoms with Gasteiger partial charge < -0.3 is 14.7 Å². The van der Waals surface area contributed by atoms with Gasteiger partial charge in [0.25, 0.3) is 0 Å². The van der Waals surface area contributed by atoms with Crippen molar-refractivity contribution in [3.05, 3.63) is 28.2 Å². The topological polar surface area (TPSA) is 109 Å². The number of carbonyl (C=O) groups is 1. The van der Waals surface area contributed by atoms with Gasteiger partial charge >= 0.3 is 20.9 Å². The van der Waals surface area contributed by atoms with E-state index >= 15 is 0 Å². The van der Waals surface area contributed by atoms with Crippen molar-refractivity contribution < 1.29 is 23.1 Å². The zero-order valence-corrected chi connectivity index (χ0v) is 14.6. The van der Waals surface area contributed by atoms with Gasteiger partial charge in [0.1, 0.15) is 0 Å². The molecule has 11 heteroatoms. The summed E-state index contributed by atoms with van der Waals surface area (Å²) < 4.78 is 27.6. The predicted molar refractivity (Wildman–Crippen MR) is 86.4 cm³/mol. The van der Waals surface area contributed by atoms with E-state index in [0.717, 1.165) is 6.20 Å². The lowest BCUT2D eigenvalue weighted by Crippen LogP contribution is -2.48. The highest BCUT2D eigenvalue weighted by Crippen LogP contribution is 2.16. The van der Waals surface area contributed by atoms with Gasteiger partial charge in [0, 0.05) is 55.2 Å². The Morgan fingerprint density at radius 2 is 1.96 bits per heavy atom. The molecule has 0 aromatic carbocycles. The molecule has 0 spiro atoms. The molecule has 0 atom stereocenters. The maximum Gasteiger partial charge on any atom is 0.409 e. The summed E-state index contributed by atoms with van der Waals surface area (Å²) in [4.78, 5) is 27.0. The van der Waals surface area contributed by atoms with Crippen LogP contribution in [0.3, 0.4) is 0 Å². The van der Waals surface area contributed by atoms with Gasteiger partial charge in [-0.05, 0) is 13.0 Å². The van der Waals surface area contributed by atoms with Crippen LogP contribution in [0.2, 0.25) is 0 Å². The average molecular weight is 380 g/mol. The number of hydrogen-bond donors (Lipinski definition) is 1. The Hall–Kier alpha value is -1.78. The molecule has 1 fully saturated rings. The summed E-state index contributed by atoms with van der Waals surface area (Å²) in [7, 11) is 0.832. The highest BCUT2D eigenvalue weighted by molar-refractivity contribution is 8.12. The van der Waals surface area contributed by atoms with Gasteiger partial charge in [-0.15, -0.1) is 0 Å². The van der Waals surface area contributed by atoms with Gasteiger partial charge in [-0.25, -0.2) is 4.79 Å². The van der Waals surface area contributed by atoms with Gasteiger partial charge in [-0.2, -0.15) is 12.4 Å². The molecule has 24 heavy (non-hydrogen) atoms. The van der Waals surface area contributed by atoms with Crippen molar-refractivity contribution in [2.45, 2.75) is 13.5 Å². The number of amides is 1. The summed E-state index contributed by atoms with van der Waals surface area (Å²) in [5, 5.41) is 9.91. The van der Waals surface area contributed by atoms with Gasteiger partial charge in [-0.3, -0.25) is 9.69 Å². The van der Waals surface area contributed by atoms with Crippen molar-refractivity contribution in [2.75, 3.05) is 32.8 Å². The Morgan fingerprint density at radius 3 is 2.50 bits per heavy atom. The molecule has 1 amide bonds. The molecule has 0 aliphatic carbocycles. The van der Waals surface area contributed by atoms with E-state index in [9.17, 15) is 23.1 Å². The number of ether oxygens (including phenoxy) is 1. The first-order valence-electron chi connectivity index (χ1n) is 7.26. The Morgan fingerprint density at radius 1 is 1.33 bits per heavy atom. The highest BCUT2D eigenvalue weighted by Gasteiger charge is 2.23. The van der Waals surface area contributed by atoms with Crippen molar-refractivity contribution in [1.29, 1.82) is 0 Å². The second kappa shape index (κ2) is 7.41. The van der Waals surface area contributed by atoms with Crippen molar-refractivity contribution in [3.8, 4) is 5.75 Å². The molecule has 1 saturated heterocycles. The van der Waals surface area contributed by atoms with Crippen LogP contribution in [0, 0.1) is 0 Å². The number of hydrogen-bond acceptors (Lipinski definition) is 7. The fourth-order valence-electron chi connectivity index (χ4n) is 2.39. The number of aromatic nitrogens is 1. The zero-order chi connectivity index (χ0) is 17.9. The minimum atomic E-state index is -4.28. The van der Waals surface area contributed by atoms with E-state index in [1.165, 1.54) is 6.07 Å². The largest absolute Gasteiger partial charge is 0.503 e. The molecular formula is C13H18ClN3O6S. The fourth-order valence-corrected chi connectivity index (χ4v) is 3.21. The summed E-state index contributed by atoms with van der Waals surface area (Å²) in [6.07, 6.45) is 0.643. The Kier molecular flexibility index (Phi) is 5.73. The molecule has 0 bridgehead atoms. The lowest BCUT2D eigenvalue weighted by Gasteiger charge is -2.34. The number of pyridine rings is 1. The Labute approximate surface area is 143 Å². The van der Waals surface area contributed by atoms with E-state index in [1.807, 2.05) is 4.90 Å². The first-order valence-corrected chi connectivity index (χ1v) is 9.53. The van der Waals surface area contributed by atoms with E-state index in [1.54, 1.807) is 11.8 Å². The van der Waals surface area contributed by atoms with Gasteiger partial charge in [-0.1, -0.05) is 0 Å². The molecule has 1 aliphatic rings. The summed E-state index contributed by atoms with van der Waals surface area (Å²) in [6, 6.07) is 1.33. The smallest absolute Gasteiger partial charge is 0.409 e. The molecule has 9 nitrogen and oxygen atoms in total. The molecule has 2 rings (SSSR count).